The molecule has 2 heterocycles. The van der Waals surface area contributed by atoms with Crippen LogP contribution in [-0.2, 0) is 0 Å². The van der Waals surface area contributed by atoms with Crippen LogP contribution < -0.4 is 4.90 Å². The molecule has 3 rings (SSSR count). The molecule has 0 saturated carbocycles. The summed E-state index contributed by atoms with van der Waals surface area (Å²) in [4.78, 5) is 6.55. The van der Waals surface area contributed by atoms with Crippen LogP contribution in [0.4, 0.5) is 5.82 Å². The largest absolute Gasteiger partial charge is 0.363 e. The normalized spacial score (nSPS) is 10.8. The molecule has 0 N–H and O–H groups in total. The van der Waals surface area contributed by atoms with E-state index in [-0.39, 0.29) is 0 Å². The zero-order valence-electron chi connectivity index (χ0n) is 11.2. The van der Waals surface area contributed by atoms with Gasteiger partial charge in [0, 0.05) is 24.5 Å². The maximum atomic E-state index is 5.96. The Bertz CT molecular complexity index is 753. The van der Waals surface area contributed by atoms with Crippen molar-refractivity contribution in [3.63, 3.8) is 0 Å². The van der Waals surface area contributed by atoms with Gasteiger partial charge in [-0.15, -0.1) is 0 Å². The summed E-state index contributed by atoms with van der Waals surface area (Å²) < 4.78 is 0. The lowest BCUT2D eigenvalue weighted by atomic mass is 10.0. The summed E-state index contributed by atoms with van der Waals surface area (Å²) in [5, 5.41) is 9.57. The highest BCUT2D eigenvalue weighted by Gasteiger charge is 2.09. The highest BCUT2D eigenvalue weighted by molar-refractivity contribution is 6.30. The van der Waals surface area contributed by atoms with Gasteiger partial charge in [0.15, 0.2) is 0 Å². The van der Waals surface area contributed by atoms with E-state index in [0.717, 1.165) is 32.9 Å². The first kappa shape index (κ1) is 12.8. The van der Waals surface area contributed by atoms with Crippen LogP contribution in [0.2, 0.25) is 5.02 Å². The van der Waals surface area contributed by atoms with E-state index in [1.54, 1.807) is 12.4 Å². The average molecular weight is 285 g/mol. The summed E-state index contributed by atoms with van der Waals surface area (Å²) in [6.07, 6.45) is 3.42. The number of benzene rings is 1. The number of rotatable bonds is 2. The number of aromatic nitrogens is 3. The average Bonchev–Trinajstić information content (AvgIpc) is 2.47. The maximum absolute atomic E-state index is 5.96. The molecule has 0 aliphatic heterocycles. The summed E-state index contributed by atoms with van der Waals surface area (Å²) >= 11 is 5.96. The third kappa shape index (κ3) is 2.30. The van der Waals surface area contributed by atoms with Crippen molar-refractivity contribution in [2.75, 3.05) is 19.0 Å². The van der Waals surface area contributed by atoms with E-state index >= 15 is 0 Å². The molecule has 0 bridgehead atoms. The Kier molecular flexibility index (Phi) is 3.24. The number of halogens is 1. The SMILES string of the molecule is CN(C)c1cc(-c2ccc(Cl)cc2)c2cnncc2n1. The maximum Gasteiger partial charge on any atom is 0.129 e. The van der Waals surface area contributed by atoms with Gasteiger partial charge in [0.1, 0.15) is 5.82 Å². The third-order valence-electron chi connectivity index (χ3n) is 3.12. The molecule has 0 unspecified atom stereocenters. The fourth-order valence-electron chi connectivity index (χ4n) is 2.07. The Morgan fingerprint density at radius 3 is 2.40 bits per heavy atom. The van der Waals surface area contributed by atoms with Crippen molar-refractivity contribution >= 4 is 28.3 Å². The van der Waals surface area contributed by atoms with Crippen LogP contribution in [0.3, 0.4) is 0 Å². The summed E-state index contributed by atoms with van der Waals surface area (Å²) in [6, 6.07) is 9.81. The van der Waals surface area contributed by atoms with Crippen LogP contribution in [0.1, 0.15) is 0 Å². The van der Waals surface area contributed by atoms with Crippen LogP contribution in [0, 0.1) is 0 Å². The lowest BCUT2D eigenvalue weighted by molar-refractivity contribution is 1.03. The van der Waals surface area contributed by atoms with Crippen molar-refractivity contribution < 1.29 is 0 Å². The molecule has 0 spiro atoms. The molecule has 100 valence electrons. The second-order valence-corrected chi connectivity index (χ2v) is 5.15. The van der Waals surface area contributed by atoms with Crippen LogP contribution >= 0.6 is 11.6 Å². The summed E-state index contributed by atoms with van der Waals surface area (Å²) in [5.74, 6) is 0.885. The molecule has 1 aromatic carbocycles. The minimum atomic E-state index is 0.722. The highest BCUT2D eigenvalue weighted by Crippen LogP contribution is 2.30. The van der Waals surface area contributed by atoms with E-state index in [0.29, 0.717) is 0 Å². The Morgan fingerprint density at radius 2 is 1.70 bits per heavy atom. The minimum absolute atomic E-state index is 0.722. The molecule has 0 aliphatic rings. The van der Waals surface area contributed by atoms with Gasteiger partial charge in [0.05, 0.1) is 17.9 Å². The van der Waals surface area contributed by atoms with E-state index in [1.807, 2.05) is 49.3 Å². The number of anilines is 1. The number of hydrogen-bond acceptors (Lipinski definition) is 4. The smallest absolute Gasteiger partial charge is 0.129 e. The summed E-state index contributed by atoms with van der Waals surface area (Å²) in [7, 11) is 3.93. The molecule has 5 heteroatoms. The van der Waals surface area contributed by atoms with Gasteiger partial charge < -0.3 is 4.90 Å². The van der Waals surface area contributed by atoms with Crippen molar-refractivity contribution in [3.05, 3.63) is 47.7 Å². The zero-order chi connectivity index (χ0) is 14.1. The molecule has 20 heavy (non-hydrogen) atoms. The highest BCUT2D eigenvalue weighted by atomic mass is 35.5. The third-order valence-corrected chi connectivity index (χ3v) is 3.37. The van der Waals surface area contributed by atoms with Crippen molar-refractivity contribution in [1.29, 1.82) is 0 Å². The van der Waals surface area contributed by atoms with E-state index < -0.39 is 0 Å². The minimum Gasteiger partial charge on any atom is -0.363 e. The molecule has 0 radical (unpaired) electrons. The van der Waals surface area contributed by atoms with Gasteiger partial charge in [-0.05, 0) is 29.3 Å². The molecule has 3 aromatic rings. The van der Waals surface area contributed by atoms with Crippen LogP contribution in [-0.4, -0.2) is 29.3 Å². The lowest BCUT2D eigenvalue weighted by Gasteiger charge is -2.14. The Morgan fingerprint density at radius 1 is 1.00 bits per heavy atom. The van der Waals surface area contributed by atoms with Gasteiger partial charge in [-0.1, -0.05) is 23.7 Å². The second kappa shape index (κ2) is 5.06. The van der Waals surface area contributed by atoms with E-state index in [1.165, 1.54) is 0 Å². The van der Waals surface area contributed by atoms with Crippen molar-refractivity contribution in [2.24, 2.45) is 0 Å². The lowest BCUT2D eigenvalue weighted by Crippen LogP contribution is -2.11. The first-order valence-corrected chi connectivity index (χ1v) is 6.57. The summed E-state index contributed by atoms with van der Waals surface area (Å²) in [5.41, 5.74) is 2.99. The predicted octanol–water partition coefficient (Wildman–Crippen LogP) is 3.41. The van der Waals surface area contributed by atoms with Crippen LogP contribution in [0.25, 0.3) is 22.0 Å². The second-order valence-electron chi connectivity index (χ2n) is 4.72. The first-order chi connectivity index (χ1) is 9.65. The van der Waals surface area contributed by atoms with Crippen LogP contribution in [0.15, 0.2) is 42.7 Å². The topological polar surface area (TPSA) is 41.9 Å². The molecule has 0 fully saturated rings. The van der Waals surface area contributed by atoms with Gasteiger partial charge in [-0.3, -0.25) is 0 Å². The summed E-state index contributed by atoms with van der Waals surface area (Å²) in [6.45, 7) is 0. The van der Waals surface area contributed by atoms with Crippen molar-refractivity contribution in [3.8, 4) is 11.1 Å². The fourth-order valence-corrected chi connectivity index (χ4v) is 2.20. The fraction of sp³-hybridized carbons (Fsp3) is 0.133. The molecule has 0 amide bonds. The van der Waals surface area contributed by atoms with E-state index in [9.17, 15) is 0 Å². The number of nitrogens with zero attached hydrogens (tertiary/aromatic N) is 4. The van der Waals surface area contributed by atoms with Crippen molar-refractivity contribution in [2.45, 2.75) is 0 Å². The quantitative estimate of drug-likeness (QED) is 0.723. The van der Waals surface area contributed by atoms with Crippen molar-refractivity contribution in [1.82, 2.24) is 15.2 Å². The first-order valence-electron chi connectivity index (χ1n) is 6.20. The van der Waals surface area contributed by atoms with Gasteiger partial charge in [-0.25, -0.2) is 4.98 Å². The molecular weight excluding hydrogens is 272 g/mol. The molecule has 0 saturated heterocycles. The van der Waals surface area contributed by atoms with Gasteiger partial charge >= 0.3 is 0 Å². The molecule has 0 aliphatic carbocycles. The Labute approximate surface area is 122 Å². The molecule has 4 nitrogen and oxygen atoms in total. The molecule has 2 aromatic heterocycles. The predicted molar refractivity (Wildman–Crippen MR) is 82.1 cm³/mol. The standard InChI is InChI=1S/C15H13ClN4/c1-20(2)15-7-12(10-3-5-11(16)6-4-10)13-8-17-18-9-14(13)19-15/h3-9H,1-2H3. The molecular formula is C15H13ClN4. The van der Waals surface area contributed by atoms with Gasteiger partial charge in [-0.2, -0.15) is 10.2 Å². The Hall–Kier alpha value is -2.20. The Balaban J connectivity index is 2.29. The number of pyridine rings is 1. The van der Waals surface area contributed by atoms with Gasteiger partial charge in [0.25, 0.3) is 0 Å². The molecule has 0 atom stereocenters. The van der Waals surface area contributed by atoms with E-state index in [4.69, 9.17) is 11.6 Å². The zero-order valence-corrected chi connectivity index (χ0v) is 12.0. The van der Waals surface area contributed by atoms with Gasteiger partial charge in [0.2, 0.25) is 0 Å². The van der Waals surface area contributed by atoms with E-state index in [2.05, 4.69) is 15.2 Å². The number of fused-ring (bicyclic) bond motifs is 1. The monoisotopic (exact) mass is 284 g/mol. The number of hydrogen-bond donors (Lipinski definition) is 0. The van der Waals surface area contributed by atoms with Crippen LogP contribution in [0.5, 0.6) is 0 Å².